The van der Waals surface area contributed by atoms with Crippen molar-refractivity contribution in [2.45, 2.75) is 51.1 Å². The van der Waals surface area contributed by atoms with Crippen LogP contribution in [0.3, 0.4) is 0 Å². The largest absolute Gasteiger partial charge is 0.480 e. The van der Waals surface area contributed by atoms with Crippen molar-refractivity contribution in [3.05, 3.63) is 0 Å². The summed E-state index contributed by atoms with van der Waals surface area (Å²) in [6.45, 7) is 2.63. The van der Waals surface area contributed by atoms with Crippen molar-refractivity contribution >= 4 is 11.9 Å². The van der Waals surface area contributed by atoms with Crippen LogP contribution in [0.5, 0.6) is 0 Å². The highest BCUT2D eigenvalue weighted by Crippen LogP contribution is 2.32. The highest BCUT2D eigenvalue weighted by Gasteiger charge is 2.39. The SMILES string of the molecule is CCC1CCCCC1N1CC(=O)NCC1C(=O)O. The topological polar surface area (TPSA) is 69.6 Å². The van der Waals surface area contributed by atoms with Gasteiger partial charge < -0.3 is 10.4 Å². The van der Waals surface area contributed by atoms with Gasteiger partial charge in [0.25, 0.3) is 0 Å². The first-order chi connectivity index (χ1) is 8.63. The monoisotopic (exact) mass is 254 g/mol. The highest BCUT2D eigenvalue weighted by molar-refractivity contribution is 5.83. The lowest BCUT2D eigenvalue weighted by atomic mass is 9.81. The van der Waals surface area contributed by atoms with Gasteiger partial charge in [0.2, 0.25) is 5.91 Å². The zero-order valence-corrected chi connectivity index (χ0v) is 10.9. The molecular formula is C13H22N2O3. The second-order valence-electron chi connectivity index (χ2n) is 5.35. The number of carbonyl (C=O) groups is 2. The van der Waals surface area contributed by atoms with Crippen molar-refractivity contribution in [2.24, 2.45) is 5.92 Å². The zero-order valence-electron chi connectivity index (χ0n) is 10.9. The van der Waals surface area contributed by atoms with Gasteiger partial charge in [0, 0.05) is 12.6 Å². The maximum absolute atomic E-state index is 11.5. The first kappa shape index (κ1) is 13.3. The Morgan fingerprint density at radius 2 is 2.17 bits per heavy atom. The first-order valence-electron chi connectivity index (χ1n) is 6.88. The van der Waals surface area contributed by atoms with E-state index in [0.717, 1.165) is 25.7 Å². The van der Waals surface area contributed by atoms with Gasteiger partial charge in [-0.1, -0.05) is 26.2 Å². The number of amides is 1. The van der Waals surface area contributed by atoms with Crippen LogP contribution in [-0.2, 0) is 9.59 Å². The van der Waals surface area contributed by atoms with E-state index < -0.39 is 12.0 Å². The van der Waals surface area contributed by atoms with Crippen molar-refractivity contribution in [3.8, 4) is 0 Å². The van der Waals surface area contributed by atoms with Crippen LogP contribution in [0.25, 0.3) is 0 Å². The number of hydrogen-bond donors (Lipinski definition) is 2. The van der Waals surface area contributed by atoms with Crippen LogP contribution in [0.15, 0.2) is 0 Å². The summed E-state index contributed by atoms with van der Waals surface area (Å²) in [5, 5.41) is 11.9. The fraction of sp³-hybridized carbons (Fsp3) is 0.846. The summed E-state index contributed by atoms with van der Waals surface area (Å²) in [7, 11) is 0. The van der Waals surface area contributed by atoms with Gasteiger partial charge >= 0.3 is 5.97 Å². The molecule has 0 aromatic carbocycles. The molecule has 102 valence electrons. The minimum absolute atomic E-state index is 0.0482. The number of nitrogens with zero attached hydrogens (tertiary/aromatic N) is 1. The fourth-order valence-electron chi connectivity index (χ4n) is 3.34. The molecule has 0 radical (unpaired) electrons. The molecule has 1 saturated heterocycles. The third-order valence-corrected chi connectivity index (χ3v) is 4.32. The van der Waals surface area contributed by atoms with Crippen LogP contribution in [0.2, 0.25) is 0 Å². The minimum atomic E-state index is -0.824. The summed E-state index contributed by atoms with van der Waals surface area (Å²) >= 11 is 0. The van der Waals surface area contributed by atoms with Crippen LogP contribution >= 0.6 is 0 Å². The smallest absolute Gasteiger partial charge is 0.322 e. The molecule has 1 saturated carbocycles. The van der Waals surface area contributed by atoms with Gasteiger partial charge in [-0.15, -0.1) is 0 Å². The molecule has 0 bridgehead atoms. The summed E-state index contributed by atoms with van der Waals surface area (Å²) in [5.41, 5.74) is 0. The zero-order chi connectivity index (χ0) is 13.1. The number of carboxylic acid groups (broad SMARTS) is 1. The number of rotatable bonds is 3. The molecule has 2 N–H and O–H groups in total. The summed E-state index contributed by atoms with van der Waals surface area (Å²) in [4.78, 5) is 24.8. The molecule has 0 aromatic rings. The molecule has 2 rings (SSSR count). The Morgan fingerprint density at radius 1 is 1.44 bits per heavy atom. The van der Waals surface area contributed by atoms with Crippen LogP contribution in [0.1, 0.15) is 39.0 Å². The molecule has 3 atom stereocenters. The molecule has 1 aliphatic heterocycles. The van der Waals surface area contributed by atoms with Gasteiger partial charge in [-0.05, 0) is 18.8 Å². The Hall–Kier alpha value is -1.10. The molecule has 0 aromatic heterocycles. The van der Waals surface area contributed by atoms with E-state index in [1.165, 1.54) is 6.42 Å². The maximum Gasteiger partial charge on any atom is 0.322 e. The Morgan fingerprint density at radius 3 is 2.83 bits per heavy atom. The molecule has 5 nitrogen and oxygen atoms in total. The number of carboxylic acids is 1. The van der Waals surface area contributed by atoms with Gasteiger partial charge in [0.05, 0.1) is 6.54 Å². The van der Waals surface area contributed by atoms with E-state index in [-0.39, 0.29) is 25.0 Å². The second kappa shape index (κ2) is 5.69. The standard InChI is InChI=1S/C13H22N2O3/c1-2-9-5-3-4-6-10(9)15-8-12(16)14-7-11(15)13(17)18/h9-11H,2-8H2,1H3,(H,14,16)(H,17,18). The van der Waals surface area contributed by atoms with E-state index in [4.69, 9.17) is 0 Å². The van der Waals surface area contributed by atoms with Gasteiger partial charge in [-0.3, -0.25) is 14.5 Å². The highest BCUT2D eigenvalue weighted by atomic mass is 16.4. The van der Waals surface area contributed by atoms with Crippen LogP contribution in [0.4, 0.5) is 0 Å². The Labute approximate surface area is 108 Å². The van der Waals surface area contributed by atoms with Crippen molar-refractivity contribution in [1.29, 1.82) is 0 Å². The fourth-order valence-corrected chi connectivity index (χ4v) is 3.34. The molecule has 1 heterocycles. The van der Waals surface area contributed by atoms with E-state index in [1.54, 1.807) is 0 Å². The van der Waals surface area contributed by atoms with E-state index in [2.05, 4.69) is 12.2 Å². The van der Waals surface area contributed by atoms with E-state index in [1.807, 2.05) is 4.90 Å². The molecule has 0 spiro atoms. The molecule has 1 amide bonds. The third-order valence-electron chi connectivity index (χ3n) is 4.32. The average molecular weight is 254 g/mol. The number of carbonyl (C=O) groups excluding carboxylic acids is 1. The molecule has 2 aliphatic rings. The van der Waals surface area contributed by atoms with E-state index in [9.17, 15) is 14.7 Å². The van der Waals surface area contributed by atoms with Gasteiger partial charge in [0.15, 0.2) is 0 Å². The molecule has 1 aliphatic carbocycles. The van der Waals surface area contributed by atoms with Gasteiger partial charge in [-0.25, -0.2) is 0 Å². The first-order valence-corrected chi connectivity index (χ1v) is 6.88. The predicted octanol–water partition coefficient (Wildman–Crippen LogP) is 0.840. The lowest BCUT2D eigenvalue weighted by Crippen LogP contribution is -2.62. The van der Waals surface area contributed by atoms with Gasteiger partial charge in [0.1, 0.15) is 6.04 Å². The molecule has 2 fully saturated rings. The number of aliphatic carboxylic acids is 1. The quantitative estimate of drug-likeness (QED) is 0.783. The van der Waals surface area contributed by atoms with E-state index in [0.29, 0.717) is 5.92 Å². The predicted molar refractivity (Wildman–Crippen MR) is 67.2 cm³/mol. The lowest BCUT2D eigenvalue weighted by Gasteiger charge is -2.44. The Balaban J connectivity index is 2.15. The number of piperazine rings is 1. The summed E-state index contributed by atoms with van der Waals surface area (Å²) in [6, 6.07) is -0.296. The normalized spacial score (nSPS) is 34.1. The summed E-state index contributed by atoms with van der Waals surface area (Å²) in [5.74, 6) is -0.338. The second-order valence-corrected chi connectivity index (χ2v) is 5.35. The Bertz CT molecular complexity index is 332. The van der Waals surface area contributed by atoms with Crippen LogP contribution < -0.4 is 5.32 Å². The van der Waals surface area contributed by atoms with Crippen molar-refractivity contribution in [2.75, 3.05) is 13.1 Å². The van der Waals surface area contributed by atoms with Crippen LogP contribution in [0, 0.1) is 5.92 Å². The lowest BCUT2D eigenvalue weighted by molar-refractivity contribution is -0.148. The van der Waals surface area contributed by atoms with Gasteiger partial charge in [-0.2, -0.15) is 0 Å². The van der Waals surface area contributed by atoms with Crippen molar-refractivity contribution in [1.82, 2.24) is 10.2 Å². The Kier molecular flexibility index (Phi) is 4.22. The maximum atomic E-state index is 11.5. The van der Waals surface area contributed by atoms with Crippen molar-refractivity contribution in [3.63, 3.8) is 0 Å². The molecule has 3 unspecified atom stereocenters. The van der Waals surface area contributed by atoms with Crippen LogP contribution in [-0.4, -0.2) is 47.1 Å². The molecule has 5 heteroatoms. The summed E-state index contributed by atoms with van der Waals surface area (Å²) in [6.07, 6.45) is 5.62. The number of hydrogen-bond acceptors (Lipinski definition) is 3. The van der Waals surface area contributed by atoms with E-state index >= 15 is 0 Å². The molecular weight excluding hydrogens is 232 g/mol. The third kappa shape index (κ3) is 2.66. The minimum Gasteiger partial charge on any atom is -0.480 e. The molecule has 18 heavy (non-hydrogen) atoms. The number of nitrogens with one attached hydrogen (secondary N) is 1. The van der Waals surface area contributed by atoms with Crippen molar-refractivity contribution < 1.29 is 14.7 Å². The summed E-state index contributed by atoms with van der Waals surface area (Å²) < 4.78 is 0. The average Bonchev–Trinajstić information content (AvgIpc) is 2.38.